The van der Waals surface area contributed by atoms with Crippen molar-refractivity contribution >= 4 is 54.6 Å². The quantitative estimate of drug-likeness (QED) is 0.482. The van der Waals surface area contributed by atoms with E-state index in [1.807, 2.05) is 32.2 Å². The molecule has 0 saturated carbocycles. The first-order valence-electron chi connectivity index (χ1n) is 8.88. The maximum absolute atomic E-state index is 12.6. The zero-order valence-corrected chi connectivity index (χ0v) is 19.0. The smallest absolute Gasteiger partial charge is 0.328 e. The Balaban J connectivity index is 2.32. The van der Waals surface area contributed by atoms with Gasteiger partial charge in [0.25, 0.3) is 0 Å². The molecule has 1 aromatic carbocycles. The van der Waals surface area contributed by atoms with Crippen LogP contribution in [0.2, 0.25) is 0 Å². The molecule has 1 amide bonds. The summed E-state index contributed by atoms with van der Waals surface area (Å²) in [7, 11) is 1.73. The van der Waals surface area contributed by atoms with Crippen LogP contribution in [0.4, 0.5) is 0 Å². The van der Waals surface area contributed by atoms with Gasteiger partial charge in [0.05, 0.1) is 18.2 Å². The van der Waals surface area contributed by atoms with E-state index in [1.165, 1.54) is 0 Å². The molecule has 0 saturated heterocycles. The molecule has 3 N–H and O–H groups in total. The van der Waals surface area contributed by atoms with Crippen molar-refractivity contribution in [3.05, 3.63) is 32.8 Å². The molecular weight excluding hydrogens is 478 g/mol. The first-order chi connectivity index (χ1) is 12.8. The highest BCUT2D eigenvalue weighted by Gasteiger charge is 2.28. The Labute approximate surface area is 176 Å². The van der Waals surface area contributed by atoms with Gasteiger partial charge in [-0.2, -0.15) is 0 Å². The van der Waals surface area contributed by atoms with Crippen LogP contribution in [0.3, 0.4) is 0 Å². The lowest BCUT2D eigenvalue weighted by molar-refractivity contribution is -0.147. The van der Waals surface area contributed by atoms with Crippen LogP contribution in [0, 0.1) is 5.92 Å². The van der Waals surface area contributed by atoms with Crippen molar-refractivity contribution in [1.29, 1.82) is 0 Å². The van der Waals surface area contributed by atoms with Crippen LogP contribution in [0.15, 0.2) is 27.3 Å². The standard InChI is InChI=1S/C19H25Br2N3O3/c1-5-27-19(26)14(24-18(25)16(22-4)10(2)3)8-11-9-23-17-13(21)7-6-12(20)15(11)17/h6-7,9-10,14,16,22-23H,5,8H2,1-4H3,(H,24,25)/t14-,16-/m0/s1. The molecule has 0 bridgehead atoms. The van der Waals surface area contributed by atoms with E-state index in [1.54, 1.807) is 14.0 Å². The van der Waals surface area contributed by atoms with Crippen molar-refractivity contribution in [3.8, 4) is 0 Å². The summed E-state index contributed by atoms with van der Waals surface area (Å²) in [6, 6.07) is 2.73. The predicted octanol–water partition coefficient (Wildman–Crippen LogP) is 3.53. The van der Waals surface area contributed by atoms with Crippen LogP contribution in [0.25, 0.3) is 10.9 Å². The molecule has 0 aliphatic rings. The van der Waals surface area contributed by atoms with Crippen molar-refractivity contribution < 1.29 is 14.3 Å². The normalized spacial score (nSPS) is 13.6. The zero-order valence-electron chi connectivity index (χ0n) is 15.9. The molecular formula is C19H25Br2N3O3. The number of hydrogen-bond donors (Lipinski definition) is 3. The van der Waals surface area contributed by atoms with Gasteiger partial charge in [-0.25, -0.2) is 4.79 Å². The number of nitrogens with one attached hydrogen (secondary N) is 3. The third-order valence-electron chi connectivity index (χ3n) is 4.39. The van der Waals surface area contributed by atoms with E-state index >= 15 is 0 Å². The second-order valence-corrected chi connectivity index (χ2v) is 8.33. The minimum absolute atomic E-state index is 0.0936. The molecule has 2 atom stereocenters. The first-order valence-corrected chi connectivity index (χ1v) is 10.5. The van der Waals surface area contributed by atoms with Gasteiger partial charge < -0.3 is 20.4 Å². The summed E-state index contributed by atoms with van der Waals surface area (Å²) >= 11 is 7.10. The summed E-state index contributed by atoms with van der Waals surface area (Å²) in [6.45, 7) is 5.91. The molecule has 0 fully saturated rings. The van der Waals surface area contributed by atoms with Gasteiger partial charge in [-0.1, -0.05) is 29.8 Å². The second-order valence-electron chi connectivity index (χ2n) is 6.62. The molecule has 148 valence electrons. The molecule has 8 heteroatoms. The van der Waals surface area contributed by atoms with Crippen molar-refractivity contribution in [2.45, 2.75) is 39.3 Å². The molecule has 0 unspecified atom stereocenters. The fourth-order valence-corrected chi connectivity index (χ4v) is 4.11. The number of halogens is 2. The van der Waals surface area contributed by atoms with Gasteiger partial charge in [0, 0.05) is 26.9 Å². The summed E-state index contributed by atoms with van der Waals surface area (Å²) in [5.41, 5.74) is 1.85. The summed E-state index contributed by atoms with van der Waals surface area (Å²) in [5, 5.41) is 6.83. The number of fused-ring (bicyclic) bond motifs is 1. The number of likely N-dealkylation sites (N-methyl/N-ethyl adjacent to an activating group) is 1. The Kier molecular flexibility index (Phi) is 7.88. The molecule has 2 rings (SSSR count). The van der Waals surface area contributed by atoms with Crippen LogP contribution in [-0.2, 0) is 20.7 Å². The predicted molar refractivity (Wildman–Crippen MR) is 114 cm³/mol. The monoisotopic (exact) mass is 501 g/mol. The van der Waals surface area contributed by atoms with Crippen LogP contribution >= 0.6 is 31.9 Å². The first kappa shape index (κ1) is 21.9. The number of rotatable bonds is 8. The maximum Gasteiger partial charge on any atom is 0.328 e. The summed E-state index contributed by atoms with van der Waals surface area (Å²) in [4.78, 5) is 28.4. The largest absolute Gasteiger partial charge is 0.464 e. The highest BCUT2D eigenvalue weighted by Crippen LogP contribution is 2.33. The Morgan fingerprint density at radius 1 is 1.22 bits per heavy atom. The number of ether oxygens (including phenoxy) is 1. The molecule has 1 aromatic heterocycles. The van der Waals surface area contributed by atoms with Gasteiger partial charge in [-0.15, -0.1) is 0 Å². The van der Waals surface area contributed by atoms with E-state index in [2.05, 4.69) is 47.5 Å². The minimum atomic E-state index is -0.767. The highest BCUT2D eigenvalue weighted by atomic mass is 79.9. The number of aromatic nitrogens is 1. The highest BCUT2D eigenvalue weighted by molar-refractivity contribution is 9.11. The average Bonchev–Trinajstić information content (AvgIpc) is 3.03. The third-order valence-corrected chi connectivity index (χ3v) is 5.71. The number of H-pyrrole nitrogens is 1. The van der Waals surface area contributed by atoms with Gasteiger partial charge in [-0.05, 0) is 53.5 Å². The topological polar surface area (TPSA) is 83.2 Å². The van der Waals surface area contributed by atoms with E-state index in [0.717, 1.165) is 25.4 Å². The van der Waals surface area contributed by atoms with Gasteiger partial charge in [0.2, 0.25) is 5.91 Å². The Morgan fingerprint density at radius 2 is 1.89 bits per heavy atom. The molecule has 27 heavy (non-hydrogen) atoms. The van der Waals surface area contributed by atoms with E-state index in [-0.39, 0.29) is 24.5 Å². The SMILES string of the molecule is CCOC(=O)[C@H](Cc1c[nH]c2c(Br)ccc(Br)c12)NC(=O)[C@@H](NC)C(C)C. The summed E-state index contributed by atoms with van der Waals surface area (Å²) < 4.78 is 7.04. The molecule has 0 aliphatic carbocycles. The number of carbonyl (C=O) groups excluding carboxylic acids is 2. The number of amides is 1. The average molecular weight is 503 g/mol. The van der Waals surface area contributed by atoms with Crippen LogP contribution < -0.4 is 10.6 Å². The lowest BCUT2D eigenvalue weighted by atomic mass is 10.0. The third kappa shape index (κ3) is 5.12. The lowest BCUT2D eigenvalue weighted by Gasteiger charge is -2.23. The molecule has 1 heterocycles. The van der Waals surface area contributed by atoms with E-state index < -0.39 is 12.0 Å². The van der Waals surface area contributed by atoms with E-state index in [4.69, 9.17) is 4.74 Å². The Morgan fingerprint density at radius 3 is 2.48 bits per heavy atom. The number of carbonyl (C=O) groups is 2. The fourth-order valence-electron chi connectivity index (χ4n) is 3.08. The number of benzene rings is 1. The number of aromatic amines is 1. The minimum Gasteiger partial charge on any atom is -0.464 e. The Hall–Kier alpha value is -1.38. The van der Waals surface area contributed by atoms with Crippen LogP contribution in [-0.4, -0.2) is 42.6 Å². The maximum atomic E-state index is 12.6. The van der Waals surface area contributed by atoms with Crippen molar-refractivity contribution in [2.75, 3.05) is 13.7 Å². The van der Waals surface area contributed by atoms with Crippen molar-refractivity contribution in [2.24, 2.45) is 5.92 Å². The summed E-state index contributed by atoms with van der Waals surface area (Å²) in [6.07, 6.45) is 2.19. The lowest BCUT2D eigenvalue weighted by Crippen LogP contribution is -2.52. The molecule has 6 nitrogen and oxygen atoms in total. The van der Waals surface area contributed by atoms with Gasteiger partial charge >= 0.3 is 5.97 Å². The van der Waals surface area contributed by atoms with Crippen LogP contribution in [0.1, 0.15) is 26.3 Å². The van der Waals surface area contributed by atoms with Crippen LogP contribution in [0.5, 0.6) is 0 Å². The fraction of sp³-hybridized carbons (Fsp3) is 0.474. The summed E-state index contributed by atoms with van der Waals surface area (Å²) in [5.74, 6) is -0.563. The Bertz CT molecular complexity index is 820. The van der Waals surface area contributed by atoms with Gasteiger partial charge in [-0.3, -0.25) is 4.79 Å². The van der Waals surface area contributed by atoms with E-state index in [0.29, 0.717) is 6.42 Å². The van der Waals surface area contributed by atoms with Gasteiger partial charge in [0.1, 0.15) is 6.04 Å². The molecule has 0 aliphatic heterocycles. The molecule has 0 spiro atoms. The van der Waals surface area contributed by atoms with Crippen molar-refractivity contribution in [1.82, 2.24) is 15.6 Å². The van der Waals surface area contributed by atoms with Crippen molar-refractivity contribution in [3.63, 3.8) is 0 Å². The molecule has 2 aromatic rings. The number of hydrogen-bond acceptors (Lipinski definition) is 4. The molecule has 0 radical (unpaired) electrons. The number of esters is 1. The van der Waals surface area contributed by atoms with E-state index in [9.17, 15) is 9.59 Å². The van der Waals surface area contributed by atoms with Gasteiger partial charge in [0.15, 0.2) is 0 Å². The second kappa shape index (κ2) is 9.71. The zero-order chi connectivity index (χ0) is 20.1.